The summed E-state index contributed by atoms with van der Waals surface area (Å²) in [7, 11) is 1.93. The lowest BCUT2D eigenvalue weighted by Gasteiger charge is -2.04. The molecule has 0 unspecified atom stereocenters. The number of imidazole rings is 1. The molecule has 0 saturated heterocycles. The zero-order valence-electron chi connectivity index (χ0n) is 8.10. The minimum Gasteiger partial charge on any atom is -0.463 e. The monoisotopic (exact) mass is 191 g/mol. The Morgan fingerprint density at radius 3 is 3.21 bits per heavy atom. The normalized spacial score (nSPS) is 10.6. The van der Waals surface area contributed by atoms with Crippen molar-refractivity contribution >= 4 is 0 Å². The van der Waals surface area contributed by atoms with Crippen LogP contribution in [0.3, 0.4) is 0 Å². The van der Waals surface area contributed by atoms with Crippen molar-refractivity contribution < 1.29 is 4.42 Å². The van der Waals surface area contributed by atoms with Crippen LogP contribution < -0.4 is 5.32 Å². The van der Waals surface area contributed by atoms with Gasteiger partial charge in [0.05, 0.1) is 18.8 Å². The highest BCUT2D eigenvalue weighted by molar-refractivity contribution is 5.50. The van der Waals surface area contributed by atoms with Crippen molar-refractivity contribution in [2.24, 2.45) is 0 Å². The van der Waals surface area contributed by atoms with E-state index in [1.807, 2.05) is 31.7 Å². The molecule has 1 N–H and O–H groups in total. The highest BCUT2D eigenvalue weighted by Gasteiger charge is 2.06. The summed E-state index contributed by atoms with van der Waals surface area (Å²) in [6, 6.07) is 3.82. The van der Waals surface area contributed by atoms with Gasteiger partial charge in [-0.2, -0.15) is 0 Å². The molecule has 0 radical (unpaired) electrons. The molecule has 0 saturated carbocycles. The first-order chi connectivity index (χ1) is 6.92. The van der Waals surface area contributed by atoms with Crippen molar-refractivity contribution in [3.8, 4) is 11.5 Å². The second-order valence-corrected chi connectivity index (χ2v) is 3.05. The summed E-state index contributed by atoms with van der Waals surface area (Å²) in [6.45, 7) is 1.82. The Balaban J connectivity index is 2.22. The van der Waals surface area contributed by atoms with Crippen LogP contribution in [0.2, 0.25) is 0 Å². The Labute approximate surface area is 82.6 Å². The molecular formula is C10H13N3O. The van der Waals surface area contributed by atoms with E-state index >= 15 is 0 Å². The molecule has 74 valence electrons. The number of furan rings is 1. The second-order valence-electron chi connectivity index (χ2n) is 3.05. The van der Waals surface area contributed by atoms with Gasteiger partial charge in [-0.1, -0.05) is 0 Å². The maximum atomic E-state index is 5.32. The summed E-state index contributed by atoms with van der Waals surface area (Å²) in [5.74, 6) is 0.860. The average Bonchev–Trinajstić information content (AvgIpc) is 2.84. The van der Waals surface area contributed by atoms with Crippen molar-refractivity contribution in [3.63, 3.8) is 0 Å². The van der Waals surface area contributed by atoms with E-state index in [4.69, 9.17) is 4.42 Å². The van der Waals surface area contributed by atoms with Gasteiger partial charge in [0.2, 0.25) is 0 Å². The molecule has 2 aromatic rings. The first-order valence-corrected chi connectivity index (χ1v) is 4.60. The van der Waals surface area contributed by atoms with E-state index in [0.29, 0.717) is 0 Å². The maximum absolute atomic E-state index is 5.32. The number of nitrogens with one attached hydrogen (secondary N) is 1. The van der Waals surface area contributed by atoms with Gasteiger partial charge < -0.3 is 14.3 Å². The minimum absolute atomic E-state index is 0.860. The number of nitrogens with zero attached hydrogens (tertiary/aromatic N) is 2. The number of aromatic nitrogens is 2. The minimum atomic E-state index is 0.860. The van der Waals surface area contributed by atoms with Crippen molar-refractivity contribution in [1.29, 1.82) is 0 Å². The molecule has 0 amide bonds. The van der Waals surface area contributed by atoms with E-state index in [-0.39, 0.29) is 0 Å². The molecule has 2 heterocycles. The number of hydrogen-bond acceptors (Lipinski definition) is 3. The molecule has 4 nitrogen and oxygen atoms in total. The highest BCUT2D eigenvalue weighted by Crippen LogP contribution is 2.18. The van der Waals surface area contributed by atoms with Gasteiger partial charge in [-0.05, 0) is 19.2 Å². The molecule has 4 heteroatoms. The zero-order valence-corrected chi connectivity index (χ0v) is 8.10. The van der Waals surface area contributed by atoms with E-state index in [0.717, 1.165) is 24.5 Å². The van der Waals surface area contributed by atoms with Gasteiger partial charge in [0.25, 0.3) is 0 Å². The molecule has 2 aromatic heterocycles. The van der Waals surface area contributed by atoms with Crippen molar-refractivity contribution in [2.45, 2.75) is 6.54 Å². The molecule has 14 heavy (non-hydrogen) atoms. The van der Waals surface area contributed by atoms with Crippen LogP contribution in [0.15, 0.2) is 35.3 Å². The van der Waals surface area contributed by atoms with Gasteiger partial charge in [0.15, 0.2) is 5.76 Å². The number of likely N-dealkylation sites (N-methyl/N-ethyl adjacent to an activating group) is 1. The Kier molecular flexibility index (Phi) is 2.65. The lowest BCUT2D eigenvalue weighted by molar-refractivity contribution is 0.568. The summed E-state index contributed by atoms with van der Waals surface area (Å²) >= 11 is 0. The molecule has 2 rings (SSSR count). The van der Waals surface area contributed by atoms with Crippen LogP contribution in [0.1, 0.15) is 0 Å². The molecular weight excluding hydrogens is 178 g/mol. The predicted octanol–water partition coefficient (Wildman–Crippen LogP) is 1.36. The van der Waals surface area contributed by atoms with Crippen molar-refractivity contribution in [2.75, 3.05) is 13.6 Å². The zero-order chi connectivity index (χ0) is 9.80. The van der Waals surface area contributed by atoms with Gasteiger partial charge in [-0.3, -0.25) is 0 Å². The average molecular weight is 191 g/mol. The van der Waals surface area contributed by atoms with Crippen LogP contribution in [0.5, 0.6) is 0 Å². The molecule has 0 fully saturated rings. The fraction of sp³-hybridized carbons (Fsp3) is 0.300. The topological polar surface area (TPSA) is 43.0 Å². The molecule has 0 spiro atoms. The van der Waals surface area contributed by atoms with Crippen molar-refractivity contribution in [3.05, 3.63) is 30.9 Å². The van der Waals surface area contributed by atoms with Gasteiger partial charge in [0, 0.05) is 13.1 Å². The maximum Gasteiger partial charge on any atom is 0.151 e. The third kappa shape index (κ3) is 1.70. The summed E-state index contributed by atoms with van der Waals surface area (Å²) < 4.78 is 7.38. The van der Waals surface area contributed by atoms with Crippen LogP contribution in [-0.4, -0.2) is 23.1 Å². The second kappa shape index (κ2) is 4.11. The van der Waals surface area contributed by atoms with Crippen LogP contribution in [0.25, 0.3) is 11.5 Å². The van der Waals surface area contributed by atoms with E-state index in [1.165, 1.54) is 0 Å². The summed E-state index contributed by atoms with van der Waals surface area (Å²) in [6.07, 6.45) is 5.30. The van der Waals surface area contributed by atoms with E-state index < -0.39 is 0 Å². The van der Waals surface area contributed by atoms with Crippen LogP contribution in [-0.2, 0) is 6.54 Å². The number of rotatable bonds is 4. The molecule has 0 aromatic carbocycles. The first kappa shape index (κ1) is 9.02. The fourth-order valence-corrected chi connectivity index (χ4v) is 1.36. The molecule has 0 atom stereocenters. The summed E-state index contributed by atoms with van der Waals surface area (Å²) in [4.78, 5) is 4.11. The van der Waals surface area contributed by atoms with Gasteiger partial charge in [-0.25, -0.2) is 4.98 Å². The summed E-state index contributed by atoms with van der Waals surface area (Å²) in [5, 5.41) is 3.10. The molecule has 0 aliphatic carbocycles. The Morgan fingerprint density at radius 2 is 2.50 bits per heavy atom. The molecule has 0 aliphatic heterocycles. The SMILES string of the molecule is CNCCn1cncc1-c1ccco1. The van der Waals surface area contributed by atoms with Crippen LogP contribution in [0, 0.1) is 0 Å². The van der Waals surface area contributed by atoms with Gasteiger partial charge >= 0.3 is 0 Å². The number of hydrogen-bond donors (Lipinski definition) is 1. The van der Waals surface area contributed by atoms with Gasteiger partial charge in [0.1, 0.15) is 5.69 Å². The third-order valence-electron chi connectivity index (χ3n) is 2.09. The Hall–Kier alpha value is -1.55. The largest absolute Gasteiger partial charge is 0.463 e. The lowest BCUT2D eigenvalue weighted by Crippen LogP contribution is -2.14. The predicted molar refractivity (Wildman–Crippen MR) is 53.9 cm³/mol. The highest BCUT2D eigenvalue weighted by atomic mass is 16.3. The van der Waals surface area contributed by atoms with E-state index in [9.17, 15) is 0 Å². The van der Waals surface area contributed by atoms with Crippen LogP contribution >= 0.6 is 0 Å². The molecule has 0 aliphatic rings. The lowest BCUT2D eigenvalue weighted by atomic mass is 10.3. The van der Waals surface area contributed by atoms with E-state index in [2.05, 4.69) is 14.9 Å². The Bertz CT molecular complexity index is 378. The fourth-order valence-electron chi connectivity index (χ4n) is 1.36. The third-order valence-corrected chi connectivity index (χ3v) is 2.09. The first-order valence-electron chi connectivity index (χ1n) is 4.60. The van der Waals surface area contributed by atoms with E-state index in [1.54, 1.807) is 6.26 Å². The Morgan fingerprint density at radius 1 is 1.57 bits per heavy atom. The van der Waals surface area contributed by atoms with Crippen molar-refractivity contribution in [1.82, 2.24) is 14.9 Å². The quantitative estimate of drug-likeness (QED) is 0.793. The van der Waals surface area contributed by atoms with Gasteiger partial charge in [-0.15, -0.1) is 0 Å². The summed E-state index contributed by atoms with van der Waals surface area (Å²) in [5.41, 5.74) is 1.02. The van der Waals surface area contributed by atoms with Crippen LogP contribution in [0.4, 0.5) is 0 Å². The smallest absolute Gasteiger partial charge is 0.151 e. The standard InChI is InChI=1S/C10H13N3O/c1-11-4-5-13-8-12-7-9(13)10-3-2-6-14-10/h2-3,6-8,11H,4-5H2,1H3. The molecule has 0 bridgehead atoms.